The molecule has 0 unspecified atom stereocenters. The molecule has 30 heavy (non-hydrogen) atoms. The van der Waals surface area contributed by atoms with Crippen LogP contribution in [0.25, 0.3) is 0 Å². The van der Waals surface area contributed by atoms with Crippen LogP contribution in [0.3, 0.4) is 0 Å². The van der Waals surface area contributed by atoms with E-state index in [-0.39, 0.29) is 24.8 Å². The minimum absolute atomic E-state index is 0. The van der Waals surface area contributed by atoms with Crippen molar-refractivity contribution in [2.45, 2.75) is 101 Å². The van der Waals surface area contributed by atoms with Crippen LogP contribution in [0.5, 0.6) is 0 Å². The summed E-state index contributed by atoms with van der Waals surface area (Å²) in [6.07, 6.45) is 13.1. The summed E-state index contributed by atoms with van der Waals surface area (Å²) in [4.78, 5) is 0. The summed E-state index contributed by atoms with van der Waals surface area (Å²) in [5.41, 5.74) is 3.52. The molecular weight excluding hydrogens is 535 g/mol. The maximum Gasteiger partial charge on any atom is -0.147 e. The largest absolute Gasteiger partial charge is 0.147 e. The smallest absolute Gasteiger partial charge is 0.147 e. The van der Waals surface area contributed by atoms with Crippen molar-refractivity contribution in [2.24, 2.45) is 0 Å². The van der Waals surface area contributed by atoms with Crippen molar-refractivity contribution in [1.29, 1.82) is 0 Å². The monoisotopic (exact) mass is 580 g/mol. The summed E-state index contributed by atoms with van der Waals surface area (Å²) in [5.74, 6) is 0. The molecule has 0 amide bonds. The zero-order valence-electron chi connectivity index (χ0n) is 21.4. The first-order valence-corrected chi connectivity index (χ1v) is 31.8. The third-order valence-electron chi connectivity index (χ3n) is 7.11. The van der Waals surface area contributed by atoms with E-state index in [1.54, 1.807) is 11.1 Å². The topological polar surface area (TPSA) is 0 Å². The maximum atomic E-state index is 2.78. The second-order valence-electron chi connectivity index (χ2n) is 12.4. The third-order valence-corrected chi connectivity index (χ3v) is 28.6. The first-order chi connectivity index (χ1) is 12.6. The van der Waals surface area contributed by atoms with Gasteiger partial charge in [-0.1, -0.05) is 0 Å². The summed E-state index contributed by atoms with van der Waals surface area (Å²) in [6.45, 7) is 22.5. The van der Waals surface area contributed by atoms with Gasteiger partial charge in [0.05, 0.1) is 0 Å². The summed E-state index contributed by atoms with van der Waals surface area (Å²) in [6, 6.07) is 0. The Morgan fingerprint density at radius 3 is 1.27 bits per heavy atom. The summed E-state index contributed by atoms with van der Waals surface area (Å²) < 4.78 is 9.45. The normalized spacial score (nSPS) is 18.2. The van der Waals surface area contributed by atoms with Crippen LogP contribution in [-0.4, -0.2) is 23.0 Å². The van der Waals surface area contributed by atoms with Crippen LogP contribution in [0.4, 0.5) is 0 Å². The van der Waals surface area contributed by atoms with Crippen LogP contribution in [-0.2, 0) is 17.4 Å². The Balaban J connectivity index is 0.00000420. The van der Waals surface area contributed by atoms with Crippen molar-refractivity contribution in [2.75, 3.05) is 0 Å². The number of hydrogen-bond donors (Lipinski definition) is 0. The molecule has 0 nitrogen and oxygen atoms in total. The van der Waals surface area contributed by atoms with Crippen LogP contribution in [0, 0.1) is 0 Å². The van der Waals surface area contributed by atoms with Crippen molar-refractivity contribution >= 4 is 47.8 Å². The van der Waals surface area contributed by atoms with Gasteiger partial charge in [-0.2, -0.15) is 0 Å². The minimum atomic E-state index is -3.14. The predicted octanol–water partition coefficient (Wildman–Crippen LogP) is 8.69. The molecule has 0 spiro atoms. The molecule has 0 heterocycles. The van der Waals surface area contributed by atoms with Crippen LogP contribution in [0.15, 0.2) is 40.3 Å². The number of allylic oxidation sites excluding steroid dienone is 8. The van der Waals surface area contributed by atoms with Gasteiger partial charge in [0.25, 0.3) is 0 Å². The van der Waals surface area contributed by atoms with Gasteiger partial charge in [-0.05, 0) is 0 Å². The van der Waals surface area contributed by atoms with Crippen LogP contribution in [0.2, 0.25) is 48.5 Å². The molecule has 0 aromatic carbocycles. The number of rotatable bonds is 8. The van der Waals surface area contributed by atoms with E-state index in [0.29, 0.717) is 0 Å². The quantitative estimate of drug-likeness (QED) is 0.251. The molecule has 2 aliphatic rings. The SMILES string of the molecule is CCCC1=[C]([Zr]([CH3])([CH3])(=[SiH2])[C]2=C(CCC)C=C([Si](C)(C)C)C2)CC([Si](C)(C)C)=C1.Cl.Cl. The number of halogens is 2. The molecule has 0 aliphatic heterocycles. The van der Waals surface area contributed by atoms with E-state index in [1.165, 1.54) is 38.5 Å². The third kappa shape index (κ3) is 6.57. The van der Waals surface area contributed by atoms with E-state index in [2.05, 4.69) is 81.4 Å². The predicted molar refractivity (Wildman–Crippen MR) is 151 cm³/mol. The van der Waals surface area contributed by atoms with Gasteiger partial charge in [0, 0.05) is 0 Å². The Bertz CT molecular complexity index is 777. The summed E-state index contributed by atoms with van der Waals surface area (Å²) >= 11 is -3.14. The van der Waals surface area contributed by atoms with Crippen LogP contribution < -0.4 is 0 Å². The minimum Gasteiger partial charge on any atom is -0.147 e. The average Bonchev–Trinajstić information content (AvgIpc) is 3.12. The van der Waals surface area contributed by atoms with E-state index in [9.17, 15) is 0 Å². The van der Waals surface area contributed by atoms with Gasteiger partial charge < -0.3 is 0 Å². The fraction of sp³-hybridized carbons (Fsp3) is 0.667. The second kappa shape index (κ2) is 10.6. The first-order valence-electron chi connectivity index (χ1n) is 11.5. The van der Waals surface area contributed by atoms with Crippen molar-refractivity contribution in [3.8, 4) is 0 Å². The van der Waals surface area contributed by atoms with Gasteiger partial charge in [0.1, 0.15) is 0 Å². The van der Waals surface area contributed by atoms with E-state index in [4.69, 9.17) is 0 Å². The Morgan fingerprint density at radius 1 is 0.733 bits per heavy atom. The van der Waals surface area contributed by atoms with Crippen LogP contribution in [0.1, 0.15) is 52.4 Å². The van der Waals surface area contributed by atoms with E-state index < -0.39 is 33.5 Å². The molecule has 6 heteroatoms. The van der Waals surface area contributed by atoms with Gasteiger partial charge >= 0.3 is 182 Å². The molecule has 0 saturated heterocycles. The zero-order valence-corrected chi connectivity index (χ0v) is 28.9. The Labute approximate surface area is 204 Å². The fourth-order valence-electron chi connectivity index (χ4n) is 5.03. The molecule has 174 valence electrons. The molecule has 0 atom stereocenters. The van der Waals surface area contributed by atoms with E-state index in [0.717, 1.165) is 0 Å². The fourth-order valence-corrected chi connectivity index (χ4v) is 23.3. The first kappa shape index (κ1) is 31.1. The van der Waals surface area contributed by atoms with Gasteiger partial charge in [-0.3, -0.25) is 0 Å². The van der Waals surface area contributed by atoms with Gasteiger partial charge in [-0.15, -0.1) is 24.8 Å². The van der Waals surface area contributed by atoms with Crippen molar-refractivity contribution in [3.63, 3.8) is 0 Å². The van der Waals surface area contributed by atoms with Gasteiger partial charge in [0.15, 0.2) is 0 Å². The van der Waals surface area contributed by atoms with Crippen molar-refractivity contribution < 1.29 is 17.4 Å². The average molecular weight is 583 g/mol. The maximum absolute atomic E-state index is 3.14. The van der Waals surface area contributed by atoms with E-state index in [1.807, 2.05) is 17.0 Å². The molecule has 0 bridgehead atoms. The van der Waals surface area contributed by atoms with E-state index >= 15 is 0 Å². The molecule has 2 aliphatic carbocycles. The standard InChI is InChI=1S/2C11H19Si.2CH3.2ClH.H2Si.Zr/c2*1-5-6-10-7-8-11(9-10)12(2,3)4;;;;;;/h2*9H,5-6,8H2,1-4H3;2*1H3;2*1H;1H2;. The summed E-state index contributed by atoms with van der Waals surface area (Å²) in [7, 11) is -2.46. The van der Waals surface area contributed by atoms with Crippen molar-refractivity contribution in [1.82, 2.24) is 0 Å². The molecule has 0 N–H and O–H groups in total. The molecule has 0 aromatic heterocycles. The Kier molecular flexibility index (Phi) is 10.9. The molecular formula is C24H48Cl2Si3Zr. The molecule has 0 aromatic rings. The number of hydrogen-bond acceptors (Lipinski definition) is 0. The molecule has 0 fully saturated rings. The van der Waals surface area contributed by atoms with Gasteiger partial charge in [0.2, 0.25) is 0 Å². The van der Waals surface area contributed by atoms with Gasteiger partial charge in [-0.25, -0.2) is 0 Å². The molecule has 2 rings (SSSR count). The Morgan fingerprint density at radius 2 is 1.03 bits per heavy atom. The molecule has 0 radical (unpaired) electrons. The zero-order chi connectivity index (χ0) is 21.6. The van der Waals surface area contributed by atoms with Crippen molar-refractivity contribution in [3.05, 3.63) is 40.3 Å². The van der Waals surface area contributed by atoms with Crippen LogP contribution >= 0.6 is 24.8 Å². The second-order valence-corrected chi connectivity index (χ2v) is 51.4. The molecule has 0 saturated carbocycles. The Hall–Kier alpha value is 1.07. The summed E-state index contributed by atoms with van der Waals surface area (Å²) in [5, 5.41) is 3.63.